The third-order valence-corrected chi connectivity index (χ3v) is 6.23. The fourth-order valence-electron chi connectivity index (χ4n) is 3.72. The number of hydrogen-bond donors (Lipinski definition) is 9. The summed E-state index contributed by atoms with van der Waals surface area (Å²) in [5, 5.41) is 26.7. The Balaban J connectivity index is 2.21. The van der Waals surface area contributed by atoms with Gasteiger partial charge in [0.2, 0.25) is 23.6 Å². The first-order chi connectivity index (χ1) is 18.4. The first-order valence-corrected chi connectivity index (χ1v) is 12.6. The summed E-state index contributed by atoms with van der Waals surface area (Å²) in [7, 11) is 0. The monoisotopic (exact) mass is 564 g/mol. The summed E-state index contributed by atoms with van der Waals surface area (Å²) in [4.78, 5) is 75.7. The number of amides is 4. The fourth-order valence-corrected chi connectivity index (χ4v) is 3.88. The van der Waals surface area contributed by atoms with E-state index in [4.69, 9.17) is 16.6 Å². The van der Waals surface area contributed by atoms with Crippen LogP contribution in [-0.4, -0.2) is 80.7 Å². The summed E-state index contributed by atoms with van der Waals surface area (Å²) >= 11 is 3.92. The van der Waals surface area contributed by atoms with Gasteiger partial charge in [0.25, 0.3) is 0 Å². The van der Waals surface area contributed by atoms with E-state index in [9.17, 15) is 33.9 Å². The number of aliphatic carboxylic acids is 2. The maximum atomic E-state index is 13.1. The number of carbonyl (C=O) groups is 6. The van der Waals surface area contributed by atoms with Crippen LogP contribution >= 0.6 is 12.6 Å². The molecule has 0 spiro atoms. The molecular weight excluding hydrogens is 532 g/mol. The molecule has 39 heavy (non-hydrogen) atoms. The van der Waals surface area contributed by atoms with Crippen LogP contribution < -0.4 is 27.4 Å². The molecule has 1 heterocycles. The van der Waals surface area contributed by atoms with Crippen LogP contribution in [0.4, 0.5) is 0 Å². The molecule has 4 atom stereocenters. The molecule has 0 fully saturated rings. The molecule has 10 N–H and O–H groups in total. The molecule has 4 unspecified atom stereocenters. The Kier molecular flexibility index (Phi) is 11.7. The number of aromatic amines is 1. The second kappa shape index (κ2) is 14.7. The van der Waals surface area contributed by atoms with Gasteiger partial charge in [0, 0.05) is 42.1 Å². The van der Waals surface area contributed by atoms with Crippen LogP contribution in [0.1, 0.15) is 31.2 Å². The third kappa shape index (κ3) is 9.61. The van der Waals surface area contributed by atoms with E-state index in [1.165, 1.54) is 0 Å². The Hall–Kier alpha value is -4.11. The van der Waals surface area contributed by atoms with Gasteiger partial charge in [-0.05, 0) is 24.5 Å². The van der Waals surface area contributed by atoms with Crippen molar-refractivity contribution in [3.63, 3.8) is 0 Å². The zero-order valence-electron chi connectivity index (χ0n) is 20.9. The van der Waals surface area contributed by atoms with Gasteiger partial charge in [0.1, 0.15) is 18.1 Å². The predicted molar refractivity (Wildman–Crippen MR) is 143 cm³/mol. The molecule has 0 saturated carbocycles. The van der Waals surface area contributed by atoms with Gasteiger partial charge in [0.15, 0.2) is 0 Å². The quantitative estimate of drug-likeness (QED) is 0.109. The molecule has 14 nitrogen and oxygen atoms in total. The van der Waals surface area contributed by atoms with Crippen molar-refractivity contribution >= 4 is 59.1 Å². The Morgan fingerprint density at radius 2 is 1.44 bits per heavy atom. The number of benzene rings is 1. The van der Waals surface area contributed by atoms with Gasteiger partial charge in [-0.2, -0.15) is 12.6 Å². The third-order valence-electron chi connectivity index (χ3n) is 5.84. The van der Waals surface area contributed by atoms with Crippen molar-refractivity contribution in [2.75, 3.05) is 5.75 Å². The summed E-state index contributed by atoms with van der Waals surface area (Å²) in [5.74, 6) is -5.98. The minimum absolute atomic E-state index is 0.0351. The standard InChI is InChI=1S/C24H32N6O8S/c25-14(11-39)21(34)28-16(5-7-19(26)31)22(35)29-17(6-8-20(32)33)23(36)30-18(24(37)38)9-12-10-27-15-4-2-1-3-13(12)15/h1-4,10,14,16-18,27,39H,5-9,11,25H2,(H2,26,31)(H,28,34)(H,29,35)(H,30,36)(H,32,33)(H,37,38). The Morgan fingerprint density at radius 3 is 2.00 bits per heavy atom. The first kappa shape index (κ1) is 31.1. The van der Waals surface area contributed by atoms with Gasteiger partial charge >= 0.3 is 11.9 Å². The highest BCUT2D eigenvalue weighted by molar-refractivity contribution is 7.80. The minimum Gasteiger partial charge on any atom is -0.481 e. The van der Waals surface area contributed by atoms with Crippen LogP contribution in [0.2, 0.25) is 0 Å². The number of primary amides is 1. The molecule has 0 bridgehead atoms. The molecule has 0 aliphatic carbocycles. The van der Waals surface area contributed by atoms with E-state index in [2.05, 4.69) is 33.6 Å². The van der Waals surface area contributed by atoms with Gasteiger partial charge in [0.05, 0.1) is 6.04 Å². The predicted octanol–water partition coefficient (Wildman–Crippen LogP) is -1.36. The number of rotatable bonds is 16. The summed E-state index contributed by atoms with van der Waals surface area (Å²) < 4.78 is 0. The molecule has 2 rings (SSSR count). The first-order valence-electron chi connectivity index (χ1n) is 12.0. The smallest absolute Gasteiger partial charge is 0.326 e. The van der Waals surface area contributed by atoms with Gasteiger partial charge in [-0.15, -0.1) is 0 Å². The van der Waals surface area contributed by atoms with E-state index < -0.39 is 66.2 Å². The van der Waals surface area contributed by atoms with E-state index in [0.29, 0.717) is 5.56 Å². The number of hydrogen-bond acceptors (Lipinski definition) is 8. The topological polar surface area (TPSA) is 247 Å². The lowest BCUT2D eigenvalue weighted by molar-refractivity contribution is -0.143. The highest BCUT2D eigenvalue weighted by Gasteiger charge is 2.31. The van der Waals surface area contributed by atoms with E-state index in [1.54, 1.807) is 30.5 Å². The average molecular weight is 565 g/mol. The number of para-hydroxylation sites is 1. The molecule has 1 aromatic heterocycles. The molecular formula is C24H32N6O8S. The van der Waals surface area contributed by atoms with Crippen LogP contribution in [0, 0.1) is 0 Å². The zero-order valence-corrected chi connectivity index (χ0v) is 21.8. The molecule has 4 amide bonds. The number of nitrogens with one attached hydrogen (secondary N) is 4. The zero-order chi connectivity index (χ0) is 29.1. The number of aromatic nitrogens is 1. The van der Waals surface area contributed by atoms with Crippen LogP contribution in [-0.2, 0) is 35.2 Å². The number of carbonyl (C=O) groups excluding carboxylic acids is 4. The minimum atomic E-state index is -1.47. The number of H-pyrrole nitrogens is 1. The van der Waals surface area contributed by atoms with Crippen LogP contribution in [0.25, 0.3) is 10.9 Å². The van der Waals surface area contributed by atoms with Crippen molar-refractivity contribution in [3.05, 3.63) is 36.0 Å². The van der Waals surface area contributed by atoms with E-state index in [-0.39, 0.29) is 31.4 Å². The van der Waals surface area contributed by atoms with Gasteiger partial charge < -0.3 is 42.6 Å². The van der Waals surface area contributed by atoms with Gasteiger partial charge in [-0.25, -0.2) is 4.79 Å². The Morgan fingerprint density at radius 1 is 0.872 bits per heavy atom. The largest absolute Gasteiger partial charge is 0.481 e. The normalized spacial score (nSPS) is 14.0. The van der Waals surface area contributed by atoms with Crippen LogP contribution in [0.15, 0.2) is 30.5 Å². The van der Waals surface area contributed by atoms with Crippen molar-refractivity contribution in [1.29, 1.82) is 0 Å². The lowest BCUT2D eigenvalue weighted by atomic mass is 10.0. The SMILES string of the molecule is NC(=O)CCC(NC(=O)C(N)CS)C(=O)NC(CCC(=O)O)C(=O)NC(Cc1c[nH]c2ccccc12)C(=O)O. The highest BCUT2D eigenvalue weighted by Crippen LogP contribution is 2.19. The summed E-state index contributed by atoms with van der Waals surface area (Å²) in [6.07, 6.45) is 0.117. The summed E-state index contributed by atoms with van der Waals surface area (Å²) in [5.41, 5.74) is 12.2. The van der Waals surface area contributed by atoms with Crippen molar-refractivity contribution in [1.82, 2.24) is 20.9 Å². The van der Waals surface area contributed by atoms with E-state index in [1.807, 2.05) is 0 Å². The van der Waals surface area contributed by atoms with Gasteiger partial charge in [-0.1, -0.05) is 18.2 Å². The maximum Gasteiger partial charge on any atom is 0.326 e. The summed E-state index contributed by atoms with van der Waals surface area (Å²) in [6, 6.07) is 1.91. The van der Waals surface area contributed by atoms with Gasteiger partial charge in [-0.3, -0.25) is 24.0 Å². The number of fused-ring (bicyclic) bond motifs is 1. The second-order valence-electron chi connectivity index (χ2n) is 8.81. The Labute approximate surface area is 228 Å². The van der Waals surface area contributed by atoms with Crippen LogP contribution in [0.5, 0.6) is 0 Å². The maximum absolute atomic E-state index is 13.1. The lowest BCUT2D eigenvalue weighted by Gasteiger charge is -2.25. The van der Waals surface area contributed by atoms with Crippen molar-refractivity contribution in [2.24, 2.45) is 11.5 Å². The second-order valence-corrected chi connectivity index (χ2v) is 9.18. The van der Waals surface area contributed by atoms with Crippen molar-refractivity contribution in [3.8, 4) is 0 Å². The van der Waals surface area contributed by atoms with Crippen molar-refractivity contribution in [2.45, 2.75) is 56.3 Å². The van der Waals surface area contributed by atoms with Crippen molar-refractivity contribution < 1.29 is 39.0 Å². The molecule has 2 aromatic rings. The molecule has 0 aliphatic heterocycles. The molecule has 0 radical (unpaired) electrons. The molecule has 15 heteroatoms. The van der Waals surface area contributed by atoms with E-state index in [0.717, 1.165) is 10.9 Å². The van der Waals surface area contributed by atoms with Crippen LogP contribution in [0.3, 0.4) is 0 Å². The summed E-state index contributed by atoms with van der Waals surface area (Å²) in [6.45, 7) is 0. The Bertz CT molecular complexity index is 1220. The molecule has 1 aromatic carbocycles. The lowest BCUT2D eigenvalue weighted by Crippen LogP contribution is -2.57. The molecule has 0 aliphatic rings. The average Bonchev–Trinajstić information content (AvgIpc) is 3.30. The number of thiol groups is 1. The number of carboxylic acids is 2. The molecule has 212 valence electrons. The molecule has 0 saturated heterocycles. The number of nitrogens with two attached hydrogens (primary N) is 2. The fraction of sp³-hybridized carbons (Fsp3) is 0.417. The number of carboxylic acid groups (broad SMARTS) is 2. The van der Waals surface area contributed by atoms with E-state index >= 15 is 0 Å². The highest BCUT2D eigenvalue weighted by atomic mass is 32.1.